The van der Waals surface area contributed by atoms with E-state index >= 15 is 0 Å². The van der Waals surface area contributed by atoms with Gasteiger partial charge in [-0.1, -0.05) is 13.3 Å². The molecule has 0 aromatic carbocycles. The van der Waals surface area contributed by atoms with Gasteiger partial charge in [0.25, 0.3) is 0 Å². The Morgan fingerprint density at radius 1 is 1.25 bits per heavy atom. The zero-order chi connectivity index (χ0) is 12.0. The van der Waals surface area contributed by atoms with Gasteiger partial charge in [-0.2, -0.15) is 0 Å². The Bertz CT molecular complexity index is 188. The highest BCUT2D eigenvalue weighted by Gasteiger charge is 2.51. The first-order chi connectivity index (χ1) is 7.72. The van der Waals surface area contributed by atoms with Crippen LogP contribution in [0.1, 0.15) is 13.3 Å². The van der Waals surface area contributed by atoms with Crippen LogP contribution in [0.3, 0.4) is 0 Å². The standard InChI is InChI=1S/C9H21O5Si2/c1-5-6-15(14-8-9-7-13-9)16(10-2,11-3)12-4/h9H,5-8H2,1-4H3. The van der Waals surface area contributed by atoms with Crippen molar-refractivity contribution in [1.82, 2.24) is 0 Å². The topological polar surface area (TPSA) is 49.5 Å². The van der Waals surface area contributed by atoms with Crippen LogP contribution in [-0.4, -0.2) is 57.5 Å². The molecule has 1 unspecified atom stereocenters. The summed E-state index contributed by atoms with van der Waals surface area (Å²) in [5, 5.41) is 0. The van der Waals surface area contributed by atoms with Crippen molar-refractivity contribution in [3.63, 3.8) is 0 Å². The van der Waals surface area contributed by atoms with E-state index in [-0.39, 0.29) is 6.10 Å². The van der Waals surface area contributed by atoms with Crippen LogP contribution in [0.4, 0.5) is 0 Å². The molecule has 0 N–H and O–H groups in total. The Hall–Kier alpha value is 0.234. The van der Waals surface area contributed by atoms with Crippen LogP contribution < -0.4 is 0 Å². The van der Waals surface area contributed by atoms with Crippen LogP contribution in [0.2, 0.25) is 6.04 Å². The summed E-state index contributed by atoms with van der Waals surface area (Å²) in [6.45, 7) is 3.57. The first-order valence-electron chi connectivity index (χ1n) is 5.48. The summed E-state index contributed by atoms with van der Waals surface area (Å²) < 4.78 is 27.5. The predicted molar refractivity (Wildman–Crippen MR) is 63.3 cm³/mol. The Kier molecular flexibility index (Phi) is 6.12. The van der Waals surface area contributed by atoms with Crippen molar-refractivity contribution in [3.8, 4) is 0 Å². The molecule has 1 aliphatic rings. The molecule has 5 nitrogen and oxygen atoms in total. The van der Waals surface area contributed by atoms with E-state index in [1.165, 1.54) is 0 Å². The molecule has 0 aliphatic carbocycles. The molecule has 1 aliphatic heterocycles. The molecule has 1 rings (SSSR count). The van der Waals surface area contributed by atoms with E-state index in [1.807, 2.05) is 0 Å². The molecule has 1 fully saturated rings. The summed E-state index contributed by atoms with van der Waals surface area (Å²) in [6, 6.07) is 0.971. The molecular formula is C9H21O5Si2. The molecule has 0 bridgehead atoms. The van der Waals surface area contributed by atoms with Crippen LogP contribution in [0.25, 0.3) is 0 Å². The largest absolute Gasteiger partial charge is 0.502 e. The van der Waals surface area contributed by atoms with Crippen LogP contribution in [0.5, 0.6) is 0 Å². The van der Waals surface area contributed by atoms with Gasteiger partial charge >= 0.3 is 16.9 Å². The number of hydrogen-bond donors (Lipinski definition) is 0. The molecule has 0 aromatic heterocycles. The summed E-state index contributed by atoms with van der Waals surface area (Å²) in [6.07, 6.45) is 1.32. The highest BCUT2D eigenvalue weighted by atomic mass is 29.3. The number of hydrogen-bond acceptors (Lipinski definition) is 5. The van der Waals surface area contributed by atoms with Gasteiger partial charge in [0.15, 0.2) is 0 Å². The van der Waals surface area contributed by atoms with Crippen molar-refractivity contribution >= 4 is 16.9 Å². The van der Waals surface area contributed by atoms with Crippen LogP contribution in [0, 0.1) is 0 Å². The average molecular weight is 265 g/mol. The summed E-state index contributed by atoms with van der Waals surface area (Å²) in [4.78, 5) is 0. The quantitative estimate of drug-likeness (QED) is 0.455. The van der Waals surface area contributed by atoms with Crippen molar-refractivity contribution in [1.29, 1.82) is 0 Å². The lowest BCUT2D eigenvalue weighted by Gasteiger charge is -2.30. The van der Waals surface area contributed by atoms with E-state index in [4.69, 9.17) is 22.4 Å². The van der Waals surface area contributed by atoms with E-state index < -0.39 is 16.9 Å². The lowest BCUT2D eigenvalue weighted by molar-refractivity contribution is 0.135. The van der Waals surface area contributed by atoms with Crippen LogP contribution >= 0.6 is 0 Å². The smallest absolute Gasteiger partial charge is 0.409 e. The van der Waals surface area contributed by atoms with Crippen molar-refractivity contribution < 1.29 is 22.4 Å². The van der Waals surface area contributed by atoms with Gasteiger partial charge in [-0.3, -0.25) is 0 Å². The molecular weight excluding hydrogens is 244 g/mol. The highest BCUT2D eigenvalue weighted by Crippen LogP contribution is 2.19. The zero-order valence-corrected chi connectivity index (χ0v) is 12.4. The molecule has 95 valence electrons. The molecule has 7 heteroatoms. The van der Waals surface area contributed by atoms with Gasteiger partial charge in [-0.15, -0.1) is 0 Å². The minimum absolute atomic E-state index is 0.272. The van der Waals surface area contributed by atoms with Crippen molar-refractivity contribution in [2.75, 3.05) is 34.5 Å². The third-order valence-electron chi connectivity index (χ3n) is 2.47. The van der Waals surface area contributed by atoms with Gasteiger partial charge in [-0.05, 0) is 6.04 Å². The molecule has 0 amide bonds. The van der Waals surface area contributed by atoms with E-state index in [1.54, 1.807) is 21.3 Å². The summed E-state index contributed by atoms with van der Waals surface area (Å²) in [5.74, 6) is 0. The molecule has 16 heavy (non-hydrogen) atoms. The summed E-state index contributed by atoms with van der Waals surface area (Å²) in [7, 11) is 1.11. The average Bonchev–Trinajstić information content (AvgIpc) is 3.12. The molecule has 1 radical (unpaired) electrons. The Morgan fingerprint density at radius 2 is 1.81 bits per heavy atom. The van der Waals surface area contributed by atoms with Crippen molar-refractivity contribution in [2.45, 2.75) is 25.5 Å². The summed E-state index contributed by atoms with van der Waals surface area (Å²) >= 11 is 0. The number of epoxide rings is 1. The minimum atomic E-state index is -2.58. The first-order valence-corrected chi connectivity index (χ1v) is 9.82. The normalized spacial score (nSPS) is 20.4. The third kappa shape index (κ3) is 3.62. The maximum absolute atomic E-state index is 5.91. The Balaban J connectivity index is 2.54. The second-order valence-electron chi connectivity index (χ2n) is 3.61. The second kappa shape index (κ2) is 6.85. The lowest BCUT2D eigenvalue weighted by atomic mass is 10.5. The summed E-state index contributed by atoms with van der Waals surface area (Å²) in [5.41, 5.74) is 0. The minimum Gasteiger partial charge on any atom is -0.409 e. The monoisotopic (exact) mass is 265 g/mol. The second-order valence-corrected chi connectivity index (χ2v) is 11.1. The fraction of sp³-hybridized carbons (Fsp3) is 1.00. The van der Waals surface area contributed by atoms with Gasteiger partial charge in [0, 0.05) is 21.3 Å². The van der Waals surface area contributed by atoms with Gasteiger partial charge in [-0.25, -0.2) is 0 Å². The first kappa shape index (κ1) is 14.3. The SMILES string of the molecule is CCC[Si](OCC1CO1)[Si](OC)(OC)OC. The number of ether oxygens (including phenoxy) is 1. The maximum atomic E-state index is 5.91. The molecule has 1 saturated heterocycles. The number of rotatable bonds is 9. The van der Waals surface area contributed by atoms with Gasteiger partial charge < -0.3 is 22.4 Å². The van der Waals surface area contributed by atoms with E-state index in [0.717, 1.165) is 19.1 Å². The van der Waals surface area contributed by atoms with Crippen molar-refractivity contribution in [3.05, 3.63) is 0 Å². The van der Waals surface area contributed by atoms with Gasteiger partial charge in [0.1, 0.15) is 6.10 Å². The Labute approximate surface area is 99.9 Å². The van der Waals surface area contributed by atoms with E-state index in [2.05, 4.69) is 6.92 Å². The molecule has 0 saturated carbocycles. The van der Waals surface area contributed by atoms with Gasteiger partial charge in [0.05, 0.1) is 13.2 Å². The van der Waals surface area contributed by atoms with Gasteiger partial charge in [0.2, 0.25) is 0 Å². The Morgan fingerprint density at radius 3 is 2.19 bits per heavy atom. The van der Waals surface area contributed by atoms with Crippen molar-refractivity contribution in [2.24, 2.45) is 0 Å². The maximum Gasteiger partial charge on any atom is 0.502 e. The van der Waals surface area contributed by atoms with E-state index in [0.29, 0.717) is 6.61 Å². The molecule has 0 aromatic rings. The van der Waals surface area contributed by atoms with Crippen LogP contribution in [0.15, 0.2) is 0 Å². The lowest BCUT2D eigenvalue weighted by Crippen LogP contribution is -2.59. The fourth-order valence-electron chi connectivity index (χ4n) is 1.49. The zero-order valence-electron chi connectivity index (χ0n) is 10.4. The fourth-order valence-corrected chi connectivity index (χ4v) is 8.64. The molecule has 1 atom stereocenters. The van der Waals surface area contributed by atoms with Crippen LogP contribution in [-0.2, 0) is 22.4 Å². The molecule has 0 spiro atoms. The highest BCUT2D eigenvalue weighted by molar-refractivity contribution is 7.21. The molecule has 1 heterocycles. The van der Waals surface area contributed by atoms with E-state index in [9.17, 15) is 0 Å². The third-order valence-corrected chi connectivity index (χ3v) is 11.3. The predicted octanol–water partition coefficient (Wildman–Crippen LogP) is 0.760.